The van der Waals surface area contributed by atoms with Crippen LogP contribution in [0.5, 0.6) is 0 Å². The zero-order valence-corrected chi connectivity index (χ0v) is 12.4. The number of rotatable bonds is 7. The molecule has 0 aromatic heterocycles. The molecule has 0 saturated heterocycles. The molecule has 0 aliphatic heterocycles. The first-order chi connectivity index (χ1) is 9.79. The van der Waals surface area contributed by atoms with E-state index in [1.54, 1.807) is 0 Å². The van der Waals surface area contributed by atoms with Gasteiger partial charge < -0.3 is 5.73 Å². The third-order valence-electron chi connectivity index (χ3n) is 3.79. The Morgan fingerprint density at radius 2 is 1.50 bits per heavy atom. The molecule has 0 atom stereocenters. The van der Waals surface area contributed by atoms with Gasteiger partial charge in [0.05, 0.1) is 0 Å². The van der Waals surface area contributed by atoms with Gasteiger partial charge in [0, 0.05) is 5.69 Å². The third kappa shape index (κ3) is 4.41. The molecular weight excluding hydrogens is 242 g/mol. The molecule has 0 fully saturated rings. The van der Waals surface area contributed by atoms with Gasteiger partial charge in [0.2, 0.25) is 0 Å². The Morgan fingerprint density at radius 3 is 2.20 bits per heavy atom. The number of aryl methyl sites for hydroxylation is 1. The minimum Gasteiger partial charge on any atom is -0.398 e. The Balaban J connectivity index is 1.90. The summed E-state index contributed by atoms with van der Waals surface area (Å²) in [6, 6.07) is 17.1. The Hall–Kier alpha value is -1.76. The van der Waals surface area contributed by atoms with Gasteiger partial charge in [-0.05, 0) is 42.0 Å². The van der Waals surface area contributed by atoms with E-state index in [2.05, 4.69) is 37.3 Å². The van der Waals surface area contributed by atoms with Crippen molar-refractivity contribution in [1.82, 2.24) is 0 Å². The van der Waals surface area contributed by atoms with Crippen molar-refractivity contribution in [3.8, 4) is 0 Å². The second kappa shape index (κ2) is 7.74. The monoisotopic (exact) mass is 267 g/mol. The summed E-state index contributed by atoms with van der Waals surface area (Å²) in [7, 11) is 0. The smallest absolute Gasteiger partial charge is 0.0349 e. The summed E-state index contributed by atoms with van der Waals surface area (Å²) in [6.45, 7) is 2.25. The van der Waals surface area contributed by atoms with E-state index in [0.717, 1.165) is 12.1 Å². The van der Waals surface area contributed by atoms with E-state index in [-0.39, 0.29) is 0 Å². The van der Waals surface area contributed by atoms with Crippen molar-refractivity contribution in [1.29, 1.82) is 0 Å². The molecule has 1 nitrogen and oxygen atoms in total. The van der Waals surface area contributed by atoms with Crippen LogP contribution in [0.2, 0.25) is 0 Å². The van der Waals surface area contributed by atoms with Gasteiger partial charge in [0.1, 0.15) is 0 Å². The number of anilines is 1. The van der Waals surface area contributed by atoms with E-state index >= 15 is 0 Å². The van der Waals surface area contributed by atoms with Gasteiger partial charge in [-0.2, -0.15) is 0 Å². The maximum atomic E-state index is 5.99. The summed E-state index contributed by atoms with van der Waals surface area (Å²) >= 11 is 0. The SMILES string of the molecule is CCCCCCc1ccc(Cc2ccccc2N)cc1. The van der Waals surface area contributed by atoms with Crippen molar-refractivity contribution < 1.29 is 0 Å². The number of benzene rings is 2. The summed E-state index contributed by atoms with van der Waals surface area (Å²) in [5, 5.41) is 0. The maximum Gasteiger partial charge on any atom is 0.0349 e. The molecule has 2 rings (SSSR count). The molecule has 0 radical (unpaired) electrons. The van der Waals surface area contributed by atoms with Gasteiger partial charge >= 0.3 is 0 Å². The molecular formula is C19H25N. The van der Waals surface area contributed by atoms with E-state index in [0.29, 0.717) is 0 Å². The Morgan fingerprint density at radius 1 is 0.800 bits per heavy atom. The fourth-order valence-electron chi connectivity index (χ4n) is 2.49. The van der Waals surface area contributed by atoms with Crippen molar-refractivity contribution >= 4 is 5.69 Å². The highest BCUT2D eigenvalue weighted by Crippen LogP contribution is 2.17. The van der Waals surface area contributed by atoms with E-state index in [1.807, 2.05) is 18.2 Å². The maximum absolute atomic E-state index is 5.99. The van der Waals surface area contributed by atoms with Crippen LogP contribution in [0.4, 0.5) is 5.69 Å². The van der Waals surface area contributed by atoms with Crippen molar-refractivity contribution in [2.45, 2.75) is 45.4 Å². The standard InChI is InChI=1S/C19H25N/c1-2-3-4-5-8-16-11-13-17(14-12-16)15-18-9-6-7-10-19(18)20/h6-7,9-14H,2-5,8,15,20H2,1H3. The van der Waals surface area contributed by atoms with Gasteiger partial charge in [0.25, 0.3) is 0 Å². The number of hydrogen-bond acceptors (Lipinski definition) is 1. The van der Waals surface area contributed by atoms with E-state index in [4.69, 9.17) is 5.73 Å². The molecule has 0 heterocycles. The normalized spacial score (nSPS) is 10.7. The van der Waals surface area contributed by atoms with Crippen LogP contribution in [0.15, 0.2) is 48.5 Å². The zero-order valence-electron chi connectivity index (χ0n) is 12.4. The molecule has 0 bridgehead atoms. The predicted molar refractivity (Wildman–Crippen MR) is 87.9 cm³/mol. The molecule has 0 amide bonds. The highest BCUT2D eigenvalue weighted by atomic mass is 14.6. The van der Waals surface area contributed by atoms with Crippen LogP contribution in [-0.2, 0) is 12.8 Å². The van der Waals surface area contributed by atoms with Crippen molar-refractivity contribution in [2.24, 2.45) is 0 Å². The highest BCUT2D eigenvalue weighted by molar-refractivity contribution is 5.48. The lowest BCUT2D eigenvalue weighted by Gasteiger charge is -2.07. The molecule has 20 heavy (non-hydrogen) atoms. The molecule has 1 heteroatoms. The van der Waals surface area contributed by atoms with Gasteiger partial charge in [-0.1, -0.05) is 68.7 Å². The highest BCUT2D eigenvalue weighted by Gasteiger charge is 2.00. The molecule has 0 saturated carbocycles. The van der Waals surface area contributed by atoms with Crippen LogP contribution >= 0.6 is 0 Å². The summed E-state index contributed by atoms with van der Waals surface area (Å²) in [4.78, 5) is 0. The van der Waals surface area contributed by atoms with Crippen LogP contribution in [-0.4, -0.2) is 0 Å². The van der Waals surface area contributed by atoms with Crippen LogP contribution in [0.3, 0.4) is 0 Å². The minimum absolute atomic E-state index is 0.885. The topological polar surface area (TPSA) is 26.0 Å². The van der Waals surface area contributed by atoms with Gasteiger partial charge in [-0.15, -0.1) is 0 Å². The Bertz CT molecular complexity index is 514. The lowest BCUT2D eigenvalue weighted by Crippen LogP contribution is -1.95. The first kappa shape index (κ1) is 14.6. The fraction of sp³-hybridized carbons (Fsp3) is 0.368. The lowest BCUT2D eigenvalue weighted by molar-refractivity contribution is 0.667. The molecule has 0 aliphatic carbocycles. The Kier molecular flexibility index (Phi) is 5.67. The largest absolute Gasteiger partial charge is 0.398 e. The van der Waals surface area contributed by atoms with Crippen molar-refractivity contribution in [3.63, 3.8) is 0 Å². The minimum atomic E-state index is 0.885. The first-order valence-electron chi connectivity index (χ1n) is 7.71. The van der Waals surface area contributed by atoms with Crippen LogP contribution in [0.1, 0.15) is 49.3 Å². The summed E-state index contributed by atoms with van der Waals surface area (Å²) < 4.78 is 0. The van der Waals surface area contributed by atoms with E-state index in [1.165, 1.54) is 48.8 Å². The molecule has 0 spiro atoms. The fourth-order valence-corrected chi connectivity index (χ4v) is 2.49. The summed E-state index contributed by atoms with van der Waals surface area (Å²) in [5.41, 5.74) is 10.9. The van der Waals surface area contributed by atoms with Gasteiger partial charge in [-0.25, -0.2) is 0 Å². The number of nitrogen functional groups attached to an aromatic ring is 1. The van der Waals surface area contributed by atoms with Crippen molar-refractivity contribution in [3.05, 3.63) is 65.2 Å². The number of hydrogen-bond donors (Lipinski definition) is 1. The number of nitrogens with two attached hydrogens (primary N) is 1. The molecule has 0 unspecified atom stereocenters. The second-order valence-corrected chi connectivity index (χ2v) is 5.50. The van der Waals surface area contributed by atoms with Crippen LogP contribution < -0.4 is 5.73 Å². The van der Waals surface area contributed by atoms with E-state index < -0.39 is 0 Å². The first-order valence-corrected chi connectivity index (χ1v) is 7.71. The lowest BCUT2D eigenvalue weighted by atomic mass is 10.0. The Labute approximate surface area is 122 Å². The molecule has 2 aromatic rings. The van der Waals surface area contributed by atoms with Crippen molar-refractivity contribution in [2.75, 3.05) is 5.73 Å². The second-order valence-electron chi connectivity index (χ2n) is 5.50. The average molecular weight is 267 g/mol. The summed E-state index contributed by atoms with van der Waals surface area (Å²) in [5.74, 6) is 0. The quantitative estimate of drug-likeness (QED) is 0.555. The molecule has 2 aromatic carbocycles. The van der Waals surface area contributed by atoms with Gasteiger partial charge in [-0.3, -0.25) is 0 Å². The van der Waals surface area contributed by atoms with Crippen LogP contribution in [0.25, 0.3) is 0 Å². The zero-order chi connectivity index (χ0) is 14.2. The average Bonchev–Trinajstić information content (AvgIpc) is 2.48. The molecule has 2 N–H and O–H groups in total. The predicted octanol–water partition coefficient (Wildman–Crippen LogP) is 4.98. The number of unbranched alkanes of at least 4 members (excludes halogenated alkanes) is 3. The van der Waals surface area contributed by atoms with E-state index in [9.17, 15) is 0 Å². The summed E-state index contributed by atoms with van der Waals surface area (Å²) in [6.07, 6.45) is 7.43. The van der Waals surface area contributed by atoms with Crippen LogP contribution in [0, 0.1) is 0 Å². The number of para-hydroxylation sites is 1. The molecule has 106 valence electrons. The molecule has 0 aliphatic rings. The third-order valence-corrected chi connectivity index (χ3v) is 3.79. The van der Waals surface area contributed by atoms with Gasteiger partial charge in [0.15, 0.2) is 0 Å².